The Morgan fingerprint density at radius 1 is 1.15 bits per heavy atom. The number of halogens is 3. The molecule has 150 valence electrons. The predicted octanol–water partition coefficient (Wildman–Crippen LogP) is 3.76. The van der Waals surface area contributed by atoms with Gasteiger partial charge in [0.15, 0.2) is 6.10 Å². The fourth-order valence-corrected chi connectivity index (χ4v) is 2.87. The summed E-state index contributed by atoms with van der Waals surface area (Å²) >= 11 is 0. The van der Waals surface area contributed by atoms with E-state index in [9.17, 15) is 22.8 Å². The molecule has 1 unspecified atom stereocenters. The molecule has 0 aromatic heterocycles. The Balaban J connectivity index is 1.79. The SMILES string of the molecule is CC(OC(=O)c1ccc(COCC(F)(F)F)cc1)C(=O)NC1CCCCC1. The summed E-state index contributed by atoms with van der Waals surface area (Å²) in [5.74, 6) is -0.989. The van der Waals surface area contributed by atoms with E-state index >= 15 is 0 Å². The topological polar surface area (TPSA) is 64.6 Å². The number of nitrogens with one attached hydrogen (secondary N) is 1. The van der Waals surface area contributed by atoms with Crippen LogP contribution < -0.4 is 5.32 Å². The van der Waals surface area contributed by atoms with Gasteiger partial charge in [0, 0.05) is 6.04 Å². The van der Waals surface area contributed by atoms with E-state index < -0.39 is 24.9 Å². The maximum Gasteiger partial charge on any atom is 0.411 e. The molecule has 0 heterocycles. The Kier molecular flexibility index (Phi) is 7.65. The molecule has 1 amide bonds. The van der Waals surface area contributed by atoms with Gasteiger partial charge in [-0.3, -0.25) is 4.79 Å². The van der Waals surface area contributed by atoms with E-state index in [1.165, 1.54) is 37.6 Å². The molecule has 2 rings (SSSR count). The molecule has 0 bridgehead atoms. The van der Waals surface area contributed by atoms with E-state index in [2.05, 4.69) is 10.1 Å². The van der Waals surface area contributed by atoms with Gasteiger partial charge >= 0.3 is 12.1 Å². The minimum absolute atomic E-state index is 0.128. The lowest BCUT2D eigenvalue weighted by molar-refractivity contribution is -0.176. The summed E-state index contributed by atoms with van der Waals surface area (Å²) < 4.78 is 45.9. The monoisotopic (exact) mass is 387 g/mol. The van der Waals surface area contributed by atoms with E-state index in [0.717, 1.165) is 25.7 Å². The van der Waals surface area contributed by atoms with Crippen LogP contribution in [0.1, 0.15) is 54.9 Å². The largest absolute Gasteiger partial charge is 0.449 e. The van der Waals surface area contributed by atoms with Crippen molar-refractivity contribution in [1.29, 1.82) is 0 Å². The van der Waals surface area contributed by atoms with Crippen molar-refractivity contribution in [1.82, 2.24) is 5.32 Å². The molecule has 27 heavy (non-hydrogen) atoms. The molecule has 0 spiro atoms. The second-order valence-corrected chi connectivity index (χ2v) is 6.70. The van der Waals surface area contributed by atoms with Crippen molar-refractivity contribution in [2.45, 2.75) is 64.0 Å². The van der Waals surface area contributed by atoms with E-state index in [1.807, 2.05) is 0 Å². The number of rotatable bonds is 7. The summed E-state index contributed by atoms with van der Waals surface area (Å²) in [7, 11) is 0. The van der Waals surface area contributed by atoms with Gasteiger partial charge in [-0.1, -0.05) is 31.4 Å². The lowest BCUT2D eigenvalue weighted by Gasteiger charge is -2.24. The highest BCUT2D eigenvalue weighted by Crippen LogP contribution is 2.18. The number of hydrogen-bond acceptors (Lipinski definition) is 4. The maximum atomic E-state index is 12.1. The number of esters is 1. The molecule has 5 nitrogen and oxygen atoms in total. The molecule has 8 heteroatoms. The molecule has 0 saturated heterocycles. The van der Waals surface area contributed by atoms with Crippen molar-refractivity contribution in [2.24, 2.45) is 0 Å². The standard InChI is InChI=1S/C19H24F3NO4/c1-13(17(24)23-16-5-3-2-4-6-16)27-18(25)15-9-7-14(8-10-15)11-26-12-19(20,21)22/h7-10,13,16H,2-6,11-12H2,1H3,(H,23,24). The van der Waals surface area contributed by atoms with Gasteiger partial charge in [-0.2, -0.15) is 13.2 Å². The molecule has 0 radical (unpaired) electrons. The van der Waals surface area contributed by atoms with Crippen LogP contribution in [0.3, 0.4) is 0 Å². The van der Waals surface area contributed by atoms with Gasteiger partial charge in [-0.05, 0) is 37.5 Å². The van der Waals surface area contributed by atoms with Crippen LogP contribution in [0.25, 0.3) is 0 Å². The number of ether oxygens (including phenoxy) is 2. The van der Waals surface area contributed by atoms with Crippen molar-refractivity contribution in [3.63, 3.8) is 0 Å². The zero-order chi connectivity index (χ0) is 19.9. The summed E-state index contributed by atoms with van der Waals surface area (Å²) in [6, 6.07) is 5.96. The quantitative estimate of drug-likeness (QED) is 0.724. The van der Waals surface area contributed by atoms with Gasteiger partial charge in [-0.15, -0.1) is 0 Å². The molecular formula is C19H24F3NO4. The molecule has 1 N–H and O–H groups in total. The maximum absolute atomic E-state index is 12.1. The Bertz CT molecular complexity index is 625. The fourth-order valence-electron chi connectivity index (χ4n) is 2.87. The number of carbonyl (C=O) groups excluding carboxylic acids is 2. The summed E-state index contributed by atoms with van der Waals surface area (Å²) in [5.41, 5.74) is 0.714. The van der Waals surface area contributed by atoms with Crippen molar-refractivity contribution >= 4 is 11.9 Å². The van der Waals surface area contributed by atoms with Gasteiger partial charge in [0.1, 0.15) is 6.61 Å². The number of amides is 1. The first-order valence-electron chi connectivity index (χ1n) is 8.99. The van der Waals surface area contributed by atoms with E-state index in [-0.39, 0.29) is 24.1 Å². The molecule has 1 saturated carbocycles. The third-order valence-corrected chi connectivity index (χ3v) is 4.33. The first kappa shape index (κ1) is 21.2. The van der Waals surface area contributed by atoms with Crippen molar-refractivity contribution in [3.05, 3.63) is 35.4 Å². The summed E-state index contributed by atoms with van der Waals surface area (Å²) in [4.78, 5) is 24.3. The lowest BCUT2D eigenvalue weighted by atomic mass is 9.95. The summed E-state index contributed by atoms with van der Waals surface area (Å²) in [6.07, 6.45) is -0.0916. The Morgan fingerprint density at radius 3 is 2.37 bits per heavy atom. The average molecular weight is 387 g/mol. The van der Waals surface area contributed by atoms with Gasteiger partial charge < -0.3 is 14.8 Å². The van der Waals surface area contributed by atoms with Crippen LogP contribution in [-0.4, -0.2) is 36.8 Å². The van der Waals surface area contributed by atoms with Gasteiger partial charge in [0.25, 0.3) is 5.91 Å². The Labute approximate surface area is 156 Å². The van der Waals surface area contributed by atoms with Crippen molar-refractivity contribution in [2.75, 3.05) is 6.61 Å². The minimum atomic E-state index is -4.38. The highest BCUT2D eigenvalue weighted by Gasteiger charge is 2.27. The molecule has 1 aromatic carbocycles. The van der Waals surface area contributed by atoms with Crippen LogP contribution >= 0.6 is 0 Å². The first-order chi connectivity index (χ1) is 12.7. The lowest BCUT2D eigenvalue weighted by Crippen LogP contribution is -2.42. The zero-order valence-corrected chi connectivity index (χ0v) is 15.2. The Hall–Kier alpha value is -2.09. The van der Waals surface area contributed by atoms with Crippen LogP contribution in [0.4, 0.5) is 13.2 Å². The molecule has 1 aliphatic carbocycles. The third kappa shape index (κ3) is 7.58. The number of carbonyl (C=O) groups is 2. The second kappa shape index (κ2) is 9.73. The van der Waals surface area contributed by atoms with Crippen molar-refractivity contribution < 1.29 is 32.2 Å². The normalized spacial score (nSPS) is 16.6. The molecular weight excluding hydrogens is 363 g/mol. The van der Waals surface area contributed by atoms with Crippen molar-refractivity contribution in [3.8, 4) is 0 Å². The highest BCUT2D eigenvalue weighted by molar-refractivity contribution is 5.92. The fraction of sp³-hybridized carbons (Fsp3) is 0.579. The summed E-state index contributed by atoms with van der Waals surface area (Å²) in [6.45, 7) is -0.0329. The van der Waals surface area contributed by atoms with E-state index in [4.69, 9.17) is 4.74 Å². The van der Waals surface area contributed by atoms with Gasteiger partial charge in [0.2, 0.25) is 0 Å². The molecule has 1 atom stereocenters. The zero-order valence-electron chi connectivity index (χ0n) is 15.2. The van der Waals surface area contributed by atoms with Crippen LogP contribution in [0.5, 0.6) is 0 Å². The first-order valence-corrected chi connectivity index (χ1v) is 8.99. The summed E-state index contributed by atoms with van der Waals surface area (Å²) in [5, 5.41) is 2.90. The number of alkyl halides is 3. The molecule has 1 fully saturated rings. The molecule has 1 aromatic rings. The number of benzene rings is 1. The third-order valence-electron chi connectivity index (χ3n) is 4.33. The minimum Gasteiger partial charge on any atom is -0.449 e. The van der Waals surface area contributed by atoms with Crippen LogP contribution in [0.2, 0.25) is 0 Å². The molecule has 1 aliphatic rings. The molecule has 0 aliphatic heterocycles. The van der Waals surface area contributed by atoms with Gasteiger partial charge in [0.05, 0.1) is 12.2 Å². The van der Waals surface area contributed by atoms with E-state index in [1.54, 1.807) is 0 Å². The van der Waals surface area contributed by atoms with Gasteiger partial charge in [-0.25, -0.2) is 4.79 Å². The van der Waals surface area contributed by atoms with E-state index in [0.29, 0.717) is 5.56 Å². The predicted molar refractivity (Wildman–Crippen MR) is 92.0 cm³/mol. The van der Waals surface area contributed by atoms with Crippen LogP contribution in [0, 0.1) is 0 Å². The Morgan fingerprint density at radius 2 is 1.78 bits per heavy atom. The van der Waals surface area contributed by atoms with Crippen LogP contribution in [0.15, 0.2) is 24.3 Å². The highest BCUT2D eigenvalue weighted by atomic mass is 19.4. The smallest absolute Gasteiger partial charge is 0.411 e. The second-order valence-electron chi connectivity index (χ2n) is 6.70. The average Bonchev–Trinajstić information content (AvgIpc) is 2.62. The van der Waals surface area contributed by atoms with Crippen LogP contribution in [-0.2, 0) is 20.9 Å². The number of hydrogen-bond donors (Lipinski definition) is 1.